The van der Waals surface area contributed by atoms with Crippen molar-refractivity contribution in [2.24, 2.45) is 0 Å². The molecule has 2 heterocycles. The van der Waals surface area contributed by atoms with Crippen LogP contribution in [0.25, 0.3) is 0 Å². The SMILES string of the molecule is C=CCn1c(COc2cccc(C)c2)nnc1S[C@@H](C)C(=O)N[C@@H]1CCS(=O)(=O)C1. The molecule has 2 aromatic rings. The largest absolute Gasteiger partial charge is 0.486 e. The Kier molecular flexibility index (Phi) is 7.19. The van der Waals surface area contributed by atoms with E-state index < -0.39 is 15.1 Å². The summed E-state index contributed by atoms with van der Waals surface area (Å²) in [7, 11) is -3.04. The summed E-state index contributed by atoms with van der Waals surface area (Å²) in [5, 5.41) is 11.4. The highest BCUT2D eigenvalue weighted by atomic mass is 32.2. The normalized spacial score (nSPS) is 18.7. The molecule has 0 bridgehead atoms. The van der Waals surface area contributed by atoms with Gasteiger partial charge in [0.05, 0.1) is 16.8 Å². The van der Waals surface area contributed by atoms with Crippen molar-refractivity contribution in [2.75, 3.05) is 11.5 Å². The van der Waals surface area contributed by atoms with E-state index in [2.05, 4.69) is 22.1 Å². The summed E-state index contributed by atoms with van der Waals surface area (Å²) in [5.74, 6) is 1.29. The minimum Gasteiger partial charge on any atom is -0.486 e. The van der Waals surface area contributed by atoms with Crippen LogP contribution in [0, 0.1) is 6.92 Å². The molecule has 0 aliphatic carbocycles. The maximum absolute atomic E-state index is 12.5. The van der Waals surface area contributed by atoms with Gasteiger partial charge >= 0.3 is 0 Å². The number of aromatic nitrogens is 3. The Bertz CT molecular complexity index is 1020. The number of nitrogens with zero attached hydrogens (tertiary/aromatic N) is 3. The Balaban J connectivity index is 1.63. The van der Waals surface area contributed by atoms with Gasteiger partial charge in [-0.15, -0.1) is 16.8 Å². The van der Waals surface area contributed by atoms with Crippen molar-refractivity contribution >= 4 is 27.5 Å². The molecule has 0 spiro atoms. The van der Waals surface area contributed by atoms with E-state index >= 15 is 0 Å². The summed E-state index contributed by atoms with van der Waals surface area (Å²) in [5.41, 5.74) is 1.10. The van der Waals surface area contributed by atoms with Crippen LogP contribution in [-0.2, 0) is 27.8 Å². The summed E-state index contributed by atoms with van der Waals surface area (Å²) in [6, 6.07) is 7.42. The van der Waals surface area contributed by atoms with Crippen LogP contribution < -0.4 is 10.1 Å². The van der Waals surface area contributed by atoms with E-state index in [1.54, 1.807) is 13.0 Å². The number of allylic oxidation sites excluding steroid dienone is 1. The molecule has 1 aromatic heterocycles. The minimum absolute atomic E-state index is 0.00320. The van der Waals surface area contributed by atoms with Crippen LogP contribution in [0.4, 0.5) is 0 Å². The fourth-order valence-corrected chi connectivity index (χ4v) is 5.68. The van der Waals surface area contributed by atoms with Gasteiger partial charge in [-0.05, 0) is 38.0 Å². The Morgan fingerprint density at radius 3 is 2.93 bits per heavy atom. The first-order chi connectivity index (χ1) is 14.3. The zero-order chi connectivity index (χ0) is 21.7. The number of carbonyl (C=O) groups is 1. The summed E-state index contributed by atoms with van der Waals surface area (Å²) >= 11 is 1.27. The topological polar surface area (TPSA) is 103 Å². The molecule has 162 valence electrons. The number of ether oxygens (including phenoxy) is 1. The second-order valence-corrected chi connectivity index (χ2v) is 10.8. The van der Waals surface area contributed by atoms with Crippen LogP contribution in [-0.4, -0.2) is 51.9 Å². The zero-order valence-electron chi connectivity index (χ0n) is 17.1. The Labute approximate surface area is 181 Å². The first-order valence-electron chi connectivity index (χ1n) is 9.67. The van der Waals surface area contributed by atoms with Gasteiger partial charge in [-0.1, -0.05) is 30.0 Å². The average Bonchev–Trinajstić information content (AvgIpc) is 3.23. The van der Waals surface area contributed by atoms with Crippen molar-refractivity contribution in [3.63, 3.8) is 0 Å². The van der Waals surface area contributed by atoms with Crippen LogP contribution >= 0.6 is 11.8 Å². The lowest BCUT2D eigenvalue weighted by Gasteiger charge is -2.16. The molecule has 1 fully saturated rings. The van der Waals surface area contributed by atoms with Crippen molar-refractivity contribution in [3.8, 4) is 5.75 Å². The third-order valence-corrected chi connectivity index (χ3v) is 7.54. The van der Waals surface area contributed by atoms with Gasteiger partial charge in [0.2, 0.25) is 5.91 Å². The molecule has 10 heteroatoms. The molecule has 0 radical (unpaired) electrons. The monoisotopic (exact) mass is 450 g/mol. The van der Waals surface area contributed by atoms with E-state index in [4.69, 9.17) is 4.74 Å². The van der Waals surface area contributed by atoms with Gasteiger partial charge in [-0.2, -0.15) is 0 Å². The predicted molar refractivity (Wildman–Crippen MR) is 116 cm³/mol. The lowest BCUT2D eigenvalue weighted by atomic mass is 10.2. The number of hydrogen-bond acceptors (Lipinski definition) is 7. The summed E-state index contributed by atoms with van der Waals surface area (Å²) in [4.78, 5) is 12.5. The molecular formula is C20H26N4O4S2. The van der Waals surface area contributed by atoms with Gasteiger partial charge in [-0.3, -0.25) is 9.36 Å². The lowest BCUT2D eigenvalue weighted by Crippen LogP contribution is -2.40. The number of sulfone groups is 1. The molecule has 1 N–H and O–H groups in total. The van der Waals surface area contributed by atoms with E-state index in [0.29, 0.717) is 23.9 Å². The number of amides is 1. The van der Waals surface area contributed by atoms with Crippen molar-refractivity contribution < 1.29 is 17.9 Å². The van der Waals surface area contributed by atoms with Crippen molar-refractivity contribution in [1.29, 1.82) is 0 Å². The van der Waals surface area contributed by atoms with Crippen LogP contribution in [0.5, 0.6) is 5.75 Å². The van der Waals surface area contributed by atoms with Gasteiger partial charge in [0.1, 0.15) is 12.4 Å². The quantitative estimate of drug-likeness (QED) is 0.461. The Morgan fingerprint density at radius 1 is 1.47 bits per heavy atom. The molecule has 0 unspecified atom stereocenters. The fourth-order valence-electron chi connectivity index (χ4n) is 3.12. The number of nitrogens with one attached hydrogen (secondary N) is 1. The second kappa shape index (κ2) is 9.65. The third-order valence-electron chi connectivity index (χ3n) is 4.69. The van der Waals surface area contributed by atoms with Gasteiger partial charge in [0.15, 0.2) is 20.8 Å². The summed E-state index contributed by atoms with van der Waals surface area (Å²) in [6.45, 7) is 8.26. The fraction of sp³-hybridized carbons (Fsp3) is 0.450. The zero-order valence-corrected chi connectivity index (χ0v) is 18.7. The van der Waals surface area contributed by atoms with Crippen molar-refractivity contribution in [2.45, 2.75) is 49.9 Å². The van der Waals surface area contributed by atoms with Crippen molar-refractivity contribution in [1.82, 2.24) is 20.1 Å². The van der Waals surface area contributed by atoms with Gasteiger partial charge in [0.25, 0.3) is 0 Å². The maximum atomic E-state index is 12.5. The van der Waals surface area contributed by atoms with E-state index in [-0.39, 0.29) is 30.1 Å². The number of aryl methyl sites for hydroxylation is 1. The number of rotatable bonds is 9. The van der Waals surface area contributed by atoms with E-state index in [9.17, 15) is 13.2 Å². The molecule has 2 atom stereocenters. The third kappa shape index (κ3) is 5.85. The summed E-state index contributed by atoms with van der Waals surface area (Å²) < 4.78 is 30.9. The van der Waals surface area contributed by atoms with Crippen molar-refractivity contribution in [3.05, 3.63) is 48.3 Å². The average molecular weight is 451 g/mol. The van der Waals surface area contributed by atoms with Crippen LogP contribution in [0.3, 0.4) is 0 Å². The number of benzene rings is 1. The second-order valence-electron chi connectivity index (χ2n) is 7.27. The molecular weight excluding hydrogens is 424 g/mol. The molecule has 0 saturated carbocycles. The molecule has 1 saturated heterocycles. The van der Waals surface area contributed by atoms with E-state index in [1.165, 1.54) is 11.8 Å². The summed E-state index contributed by atoms with van der Waals surface area (Å²) in [6.07, 6.45) is 2.19. The van der Waals surface area contributed by atoms with Crippen LogP contribution in [0.1, 0.15) is 24.7 Å². The smallest absolute Gasteiger partial charge is 0.233 e. The highest BCUT2D eigenvalue weighted by Gasteiger charge is 2.30. The molecule has 3 rings (SSSR count). The van der Waals surface area contributed by atoms with Gasteiger partial charge in [-0.25, -0.2) is 8.42 Å². The van der Waals surface area contributed by atoms with Crippen LogP contribution in [0.2, 0.25) is 0 Å². The van der Waals surface area contributed by atoms with Gasteiger partial charge in [0, 0.05) is 12.6 Å². The molecule has 1 aliphatic rings. The highest BCUT2D eigenvalue weighted by Crippen LogP contribution is 2.24. The number of carbonyl (C=O) groups excluding carboxylic acids is 1. The van der Waals surface area contributed by atoms with E-state index in [0.717, 1.165) is 11.3 Å². The van der Waals surface area contributed by atoms with E-state index in [1.807, 2.05) is 35.8 Å². The lowest BCUT2D eigenvalue weighted by molar-refractivity contribution is -0.120. The predicted octanol–water partition coefficient (Wildman–Crippen LogP) is 2.14. The molecule has 1 aromatic carbocycles. The Hall–Kier alpha value is -2.33. The molecule has 8 nitrogen and oxygen atoms in total. The van der Waals surface area contributed by atoms with Gasteiger partial charge < -0.3 is 10.1 Å². The maximum Gasteiger partial charge on any atom is 0.233 e. The first-order valence-corrected chi connectivity index (χ1v) is 12.4. The molecule has 1 amide bonds. The minimum atomic E-state index is -3.04. The number of thioether (sulfide) groups is 1. The molecule has 30 heavy (non-hydrogen) atoms. The molecule has 1 aliphatic heterocycles. The number of hydrogen-bond donors (Lipinski definition) is 1. The standard InChI is InChI=1S/C20H26N4O4S2/c1-4-9-24-18(12-28-17-7-5-6-14(2)11-17)22-23-20(24)29-15(3)19(25)21-16-8-10-30(26,27)13-16/h4-7,11,15-16H,1,8-10,12-13H2,2-3H3,(H,21,25)/t15-,16+/m0/s1. The first kappa shape index (κ1) is 22.4. The highest BCUT2D eigenvalue weighted by molar-refractivity contribution is 8.00. The Morgan fingerprint density at radius 2 is 2.27 bits per heavy atom. The van der Waals surface area contributed by atoms with Crippen LogP contribution in [0.15, 0.2) is 42.1 Å².